The van der Waals surface area contributed by atoms with Crippen LogP contribution in [-0.4, -0.2) is 21.5 Å². The van der Waals surface area contributed by atoms with E-state index in [1.165, 1.54) is 0 Å². The molecule has 2 aromatic carbocycles. The molecule has 0 fully saturated rings. The Kier molecular flexibility index (Phi) is 5.00. The van der Waals surface area contributed by atoms with E-state index < -0.39 is 0 Å². The van der Waals surface area contributed by atoms with Gasteiger partial charge in [-0.25, -0.2) is 0 Å². The quantitative estimate of drug-likeness (QED) is 0.385. The summed E-state index contributed by atoms with van der Waals surface area (Å²) in [6.07, 6.45) is 0. The molecule has 0 aliphatic rings. The van der Waals surface area contributed by atoms with Crippen LogP contribution < -0.4 is 0 Å². The number of carbonyl (C=O) groups excluding carboxylic acids is 2. The first-order valence-electron chi connectivity index (χ1n) is 9.98. The molecule has 2 aromatic heterocycles. The summed E-state index contributed by atoms with van der Waals surface area (Å²) in [4.78, 5) is 32.3. The Labute approximate surface area is 176 Å². The van der Waals surface area contributed by atoms with Crippen molar-refractivity contribution in [1.82, 2.24) is 9.97 Å². The van der Waals surface area contributed by atoms with Gasteiger partial charge in [0.2, 0.25) is 0 Å². The number of Topliss-reactive ketones (excluding diaryl/α,β-unsaturated/α-hetero) is 2. The molecular formula is C26H24N2O2. The summed E-state index contributed by atoms with van der Waals surface area (Å²) in [5.41, 5.74) is 8.01. The SMILES string of the molecule is CC(=O)c1c(C)[nH]c(-c2ccccc2)c1-c1c(-c2ccccc2)[nH]c(C)c1C(C)=O. The molecule has 0 atom stereocenters. The van der Waals surface area contributed by atoms with E-state index in [0.29, 0.717) is 11.1 Å². The standard InChI is InChI=1S/C26H24N2O2/c1-15-21(17(3)29)23(25(27-15)19-11-7-5-8-12-19)24-22(18(4)30)16(2)28-26(24)20-13-9-6-10-14-20/h5-14,27-28H,1-4H3. The molecular weight excluding hydrogens is 372 g/mol. The Morgan fingerprint density at radius 1 is 0.600 bits per heavy atom. The molecule has 0 aliphatic heterocycles. The van der Waals surface area contributed by atoms with E-state index in [9.17, 15) is 9.59 Å². The van der Waals surface area contributed by atoms with E-state index in [4.69, 9.17) is 0 Å². The van der Waals surface area contributed by atoms with Gasteiger partial charge in [0.25, 0.3) is 0 Å². The van der Waals surface area contributed by atoms with Crippen molar-refractivity contribution >= 4 is 11.6 Å². The fourth-order valence-electron chi connectivity index (χ4n) is 4.27. The lowest BCUT2D eigenvalue weighted by Crippen LogP contribution is -2.01. The van der Waals surface area contributed by atoms with E-state index >= 15 is 0 Å². The number of hydrogen-bond acceptors (Lipinski definition) is 2. The van der Waals surface area contributed by atoms with Gasteiger partial charge in [0.1, 0.15) is 0 Å². The number of ketones is 2. The molecule has 0 radical (unpaired) electrons. The van der Waals surface area contributed by atoms with Crippen LogP contribution in [0.4, 0.5) is 0 Å². The second-order valence-corrected chi connectivity index (χ2v) is 7.59. The molecule has 4 aromatic rings. The first-order valence-corrected chi connectivity index (χ1v) is 9.98. The van der Waals surface area contributed by atoms with Crippen LogP contribution in [0.15, 0.2) is 60.7 Å². The van der Waals surface area contributed by atoms with Gasteiger partial charge in [-0.05, 0) is 38.8 Å². The number of aromatic amines is 2. The van der Waals surface area contributed by atoms with E-state index in [2.05, 4.69) is 9.97 Å². The number of nitrogens with one attached hydrogen (secondary N) is 2. The largest absolute Gasteiger partial charge is 0.357 e. The highest BCUT2D eigenvalue weighted by Crippen LogP contribution is 2.44. The molecule has 4 nitrogen and oxygen atoms in total. The molecule has 2 N–H and O–H groups in total. The summed E-state index contributed by atoms with van der Waals surface area (Å²) < 4.78 is 0. The third-order valence-electron chi connectivity index (χ3n) is 5.45. The van der Waals surface area contributed by atoms with Crippen molar-refractivity contribution in [2.75, 3.05) is 0 Å². The number of rotatable bonds is 5. The van der Waals surface area contributed by atoms with Crippen LogP contribution >= 0.6 is 0 Å². The van der Waals surface area contributed by atoms with Crippen molar-refractivity contribution in [2.24, 2.45) is 0 Å². The predicted molar refractivity (Wildman–Crippen MR) is 121 cm³/mol. The maximum atomic E-state index is 12.7. The van der Waals surface area contributed by atoms with Crippen molar-refractivity contribution in [1.29, 1.82) is 0 Å². The average molecular weight is 396 g/mol. The summed E-state index contributed by atoms with van der Waals surface area (Å²) in [6.45, 7) is 6.96. The highest BCUT2D eigenvalue weighted by molar-refractivity contribution is 6.13. The maximum Gasteiger partial charge on any atom is 0.162 e. The fraction of sp³-hybridized carbons (Fsp3) is 0.154. The molecule has 0 saturated heterocycles. The van der Waals surface area contributed by atoms with Gasteiger partial charge in [-0.3, -0.25) is 9.59 Å². The summed E-state index contributed by atoms with van der Waals surface area (Å²) in [5.74, 6) is -0.0680. The van der Waals surface area contributed by atoms with Crippen LogP contribution in [0.5, 0.6) is 0 Å². The number of carbonyl (C=O) groups is 2. The second-order valence-electron chi connectivity index (χ2n) is 7.59. The molecule has 2 heterocycles. The Morgan fingerprint density at radius 2 is 0.933 bits per heavy atom. The Balaban J connectivity index is 2.16. The molecule has 0 saturated carbocycles. The lowest BCUT2D eigenvalue weighted by Gasteiger charge is -2.11. The van der Waals surface area contributed by atoms with Crippen molar-refractivity contribution < 1.29 is 9.59 Å². The van der Waals surface area contributed by atoms with Gasteiger partial charge in [-0.2, -0.15) is 0 Å². The van der Waals surface area contributed by atoms with Crippen molar-refractivity contribution in [3.63, 3.8) is 0 Å². The first kappa shape index (κ1) is 19.6. The van der Waals surface area contributed by atoms with Gasteiger partial charge < -0.3 is 9.97 Å². The molecule has 4 heteroatoms. The smallest absolute Gasteiger partial charge is 0.162 e. The molecule has 4 rings (SSSR count). The van der Waals surface area contributed by atoms with Gasteiger partial charge in [0, 0.05) is 33.6 Å². The van der Waals surface area contributed by atoms with Gasteiger partial charge in [0.15, 0.2) is 11.6 Å². The van der Waals surface area contributed by atoms with Crippen molar-refractivity contribution in [2.45, 2.75) is 27.7 Å². The van der Waals surface area contributed by atoms with Crippen LogP contribution in [0.25, 0.3) is 33.6 Å². The van der Waals surface area contributed by atoms with Crippen molar-refractivity contribution in [3.05, 3.63) is 83.2 Å². The monoisotopic (exact) mass is 396 g/mol. The lowest BCUT2D eigenvalue weighted by molar-refractivity contribution is 0.100. The van der Waals surface area contributed by atoms with Gasteiger partial charge in [-0.1, -0.05) is 60.7 Å². The third kappa shape index (κ3) is 3.20. The van der Waals surface area contributed by atoms with Crippen LogP contribution in [0, 0.1) is 13.8 Å². The van der Waals surface area contributed by atoms with Gasteiger partial charge >= 0.3 is 0 Å². The molecule has 0 unspecified atom stereocenters. The first-order chi connectivity index (χ1) is 14.4. The van der Waals surface area contributed by atoms with E-state index in [-0.39, 0.29) is 11.6 Å². The second kappa shape index (κ2) is 7.64. The Bertz CT molecular complexity index is 1150. The summed E-state index contributed by atoms with van der Waals surface area (Å²) in [6, 6.07) is 19.8. The fourth-order valence-corrected chi connectivity index (χ4v) is 4.27. The minimum Gasteiger partial charge on any atom is -0.357 e. The zero-order chi connectivity index (χ0) is 21.4. The highest BCUT2D eigenvalue weighted by Gasteiger charge is 2.29. The molecule has 0 spiro atoms. The zero-order valence-corrected chi connectivity index (χ0v) is 17.6. The van der Waals surface area contributed by atoms with Crippen LogP contribution in [0.1, 0.15) is 46.0 Å². The average Bonchev–Trinajstić information content (AvgIpc) is 3.26. The third-order valence-corrected chi connectivity index (χ3v) is 5.45. The topological polar surface area (TPSA) is 65.7 Å². The number of aromatic nitrogens is 2. The number of hydrogen-bond donors (Lipinski definition) is 2. The molecule has 0 bridgehead atoms. The number of benzene rings is 2. The van der Waals surface area contributed by atoms with Gasteiger partial charge in [0.05, 0.1) is 11.4 Å². The van der Waals surface area contributed by atoms with Crippen LogP contribution in [-0.2, 0) is 0 Å². The summed E-state index contributed by atoms with van der Waals surface area (Å²) in [5, 5.41) is 0. The Morgan fingerprint density at radius 3 is 1.23 bits per heavy atom. The molecule has 150 valence electrons. The molecule has 0 aliphatic carbocycles. The van der Waals surface area contributed by atoms with Crippen LogP contribution in [0.2, 0.25) is 0 Å². The van der Waals surface area contributed by atoms with E-state index in [0.717, 1.165) is 45.0 Å². The zero-order valence-electron chi connectivity index (χ0n) is 17.6. The summed E-state index contributed by atoms with van der Waals surface area (Å²) in [7, 11) is 0. The van der Waals surface area contributed by atoms with E-state index in [1.54, 1.807) is 13.8 Å². The predicted octanol–water partition coefficient (Wildman–Crippen LogP) is 6.37. The minimum atomic E-state index is -0.0340. The maximum absolute atomic E-state index is 12.7. The summed E-state index contributed by atoms with van der Waals surface area (Å²) >= 11 is 0. The Hall–Kier alpha value is -3.66. The van der Waals surface area contributed by atoms with Crippen molar-refractivity contribution in [3.8, 4) is 33.6 Å². The van der Waals surface area contributed by atoms with Crippen LogP contribution in [0.3, 0.4) is 0 Å². The molecule has 0 amide bonds. The minimum absolute atomic E-state index is 0.0340. The molecule has 30 heavy (non-hydrogen) atoms. The van der Waals surface area contributed by atoms with E-state index in [1.807, 2.05) is 74.5 Å². The normalized spacial score (nSPS) is 10.9. The highest BCUT2D eigenvalue weighted by atomic mass is 16.1. The van der Waals surface area contributed by atoms with Gasteiger partial charge in [-0.15, -0.1) is 0 Å². The number of H-pyrrole nitrogens is 2. The lowest BCUT2D eigenvalue weighted by atomic mass is 9.89. The number of aryl methyl sites for hydroxylation is 2.